The van der Waals surface area contributed by atoms with Crippen molar-refractivity contribution < 1.29 is 0 Å². The molecule has 0 unspecified atom stereocenters. The Hall–Kier alpha value is -0.880. The second-order valence-corrected chi connectivity index (χ2v) is 11.5. The lowest BCUT2D eigenvalue weighted by Gasteiger charge is -2.46. The number of hydrogen-bond acceptors (Lipinski definition) is 4. The van der Waals surface area contributed by atoms with Crippen LogP contribution in [0.1, 0.15) is 59.8 Å². The van der Waals surface area contributed by atoms with Crippen molar-refractivity contribution in [1.82, 2.24) is 10.6 Å². The van der Waals surface area contributed by atoms with E-state index in [2.05, 4.69) is 56.8 Å². The van der Waals surface area contributed by atoms with Gasteiger partial charge in [0, 0.05) is 56.6 Å². The van der Waals surface area contributed by atoms with Gasteiger partial charge in [0.05, 0.1) is 0 Å². The van der Waals surface area contributed by atoms with Crippen LogP contribution in [0.15, 0.2) is 36.4 Å². The van der Waals surface area contributed by atoms with Crippen LogP contribution >= 0.6 is 49.6 Å². The molecule has 4 atom stereocenters. The van der Waals surface area contributed by atoms with Gasteiger partial charge in [-0.3, -0.25) is 0 Å². The highest BCUT2D eigenvalue weighted by Crippen LogP contribution is 2.46. The van der Waals surface area contributed by atoms with E-state index in [4.69, 9.17) is 0 Å². The third kappa shape index (κ3) is 5.64. The van der Waals surface area contributed by atoms with Crippen molar-refractivity contribution >= 4 is 61.0 Å². The summed E-state index contributed by atoms with van der Waals surface area (Å²) in [7, 11) is 0. The number of anilines is 2. The van der Waals surface area contributed by atoms with Gasteiger partial charge in [-0.15, -0.1) is 49.6 Å². The van der Waals surface area contributed by atoms with Crippen LogP contribution in [0, 0.1) is 11.8 Å². The molecule has 8 rings (SSSR count). The van der Waals surface area contributed by atoms with Crippen molar-refractivity contribution in [2.24, 2.45) is 11.8 Å². The molecule has 6 aliphatic heterocycles. The molecule has 2 aromatic carbocycles. The number of nitrogens with one attached hydrogen (secondary N) is 2. The second kappa shape index (κ2) is 13.7. The van der Waals surface area contributed by atoms with Gasteiger partial charge in [-0.2, -0.15) is 0 Å². The summed E-state index contributed by atoms with van der Waals surface area (Å²) in [5, 5.41) is 7.14. The molecule has 0 aliphatic carbocycles. The summed E-state index contributed by atoms with van der Waals surface area (Å²) in [4.78, 5) is 5.32. The first-order chi connectivity index (χ1) is 16.9. The third-order valence-electron chi connectivity index (χ3n) is 9.62. The predicted molar refractivity (Wildman–Crippen MR) is 170 cm³/mol. The number of halogens is 4. The monoisotopic (exact) mass is 600 g/mol. The summed E-state index contributed by atoms with van der Waals surface area (Å²) < 4.78 is 0. The molecular weight excluding hydrogens is 558 g/mol. The summed E-state index contributed by atoms with van der Waals surface area (Å²) in [6.45, 7) is 9.95. The zero-order chi connectivity index (χ0) is 22.5. The molecule has 8 heteroatoms. The number of hydrogen-bond donors (Lipinski definition) is 2. The van der Waals surface area contributed by atoms with Crippen LogP contribution < -0.4 is 20.4 Å². The smallest absolute Gasteiger partial charge is 0.0434 e. The molecule has 2 saturated heterocycles. The third-order valence-corrected chi connectivity index (χ3v) is 9.62. The SMILES string of the molecule is Cl.Cl.Cl.Cl.c1cc2c3c(c1)[C@@H]1CCNC[C@@H]1CN3CCC2.c1cc2c3c(c1)[C@@H]1CNCC[C@@H]1CN3CCC2. The summed E-state index contributed by atoms with van der Waals surface area (Å²) in [6.07, 6.45) is 7.92. The maximum atomic E-state index is 3.58. The predicted octanol–water partition coefficient (Wildman–Crippen LogP) is 5.98. The fraction of sp³-hybridized carbons (Fsp3) is 0.600. The number of aryl methyl sites for hydroxylation is 2. The normalized spacial score (nSPS) is 27.5. The van der Waals surface area contributed by atoms with Gasteiger partial charge in [0.1, 0.15) is 0 Å². The molecule has 0 saturated carbocycles. The number of fused-ring (bicyclic) bond motifs is 4. The molecule has 2 aromatic rings. The van der Waals surface area contributed by atoms with E-state index >= 15 is 0 Å². The number of benzene rings is 2. The Kier molecular flexibility index (Phi) is 11.4. The van der Waals surface area contributed by atoms with Crippen LogP contribution in [0.5, 0.6) is 0 Å². The Morgan fingerprint density at radius 1 is 0.605 bits per heavy atom. The molecule has 2 N–H and O–H groups in total. The highest BCUT2D eigenvalue weighted by Gasteiger charge is 2.38. The molecule has 2 fully saturated rings. The van der Waals surface area contributed by atoms with Gasteiger partial charge in [0.15, 0.2) is 0 Å². The summed E-state index contributed by atoms with van der Waals surface area (Å²) in [5.74, 6) is 3.32. The van der Waals surface area contributed by atoms with E-state index in [1.807, 2.05) is 0 Å². The Labute approximate surface area is 253 Å². The maximum Gasteiger partial charge on any atom is 0.0434 e. The van der Waals surface area contributed by atoms with Gasteiger partial charge in [0.25, 0.3) is 0 Å². The molecule has 6 aliphatic rings. The number of piperidine rings is 2. The van der Waals surface area contributed by atoms with E-state index in [-0.39, 0.29) is 49.6 Å². The fourth-order valence-corrected chi connectivity index (χ4v) is 8.09. The molecular formula is C30H44Cl4N4. The van der Waals surface area contributed by atoms with E-state index in [9.17, 15) is 0 Å². The summed E-state index contributed by atoms with van der Waals surface area (Å²) in [5.41, 5.74) is 9.69. The molecule has 0 aromatic heterocycles. The fourth-order valence-electron chi connectivity index (χ4n) is 8.09. The Morgan fingerprint density at radius 3 is 1.82 bits per heavy atom. The first-order valence-corrected chi connectivity index (χ1v) is 14.0. The van der Waals surface area contributed by atoms with E-state index in [1.165, 1.54) is 90.9 Å². The van der Waals surface area contributed by atoms with E-state index in [1.54, 1.807) is 33.6 Å². The van der Waals surface area contributed by atoms with Crippen molar-refractivity contribution in [3.8, 4) is 0 Å². The zero-order valence-electron chi connectivity index (χ0n) is 22.2. The van der Waals surface area contributed by atoms with Crippen LogP contribution in [0.2, 0.25) is 0 Å². The standard InChI is InChI=1S/2C15H20N2.4ClH/c1-3-11-4-2-8-17-10-12-9-16-7-6-13(12)14(5-1)15(11)17;1-3-11-4-2-8-17-10-12-6-7-16-9-14(12)13(5-1)15(11)17;;;;/h1,3,5,12-13,16H,2,4,6-10H2;1,3,5,12,14,16H,2,4,6-10H2;4*1H/t12-,13-;12-,14-;;;;/m11..../s1. The Morgan fingerprint density at radius 2 is 1.16 bits per heavy atom. The minimum Gasteiger partial charge on any atom is -0.371 e. The Balaban J connectivity index is 0.000000190. The van der Waals surface area contributed by atoms with Gasteiger partial charge in [-0.05, 0) is 91.6 Å². The van der Waals surface area contributed by atoms with E-state index in [0.29, 0.717) is 0 Å². The number of rotatable bonds is 0. The molecule has 4 nitrogen and oxygen atoms in total. The second-order valence-electron chi connectivity index (χ2n) is 11.5. The minimum absolute atomic E-state index is 0. The first kappa shape index (κ1) is 31.6. The van der Waals surface area contributed by atoms with Crippen LogP contribution in [0.4, 0.5) is 11.4 Å². The molecule has 0 spiro atoms. The van der Waals surface area contributed by atoms with Gasteiger partial charge in [0.2, 0.25) is 0 Å². The van der Waals surface area contributed by atoms with E-state index in [0.717, 1.165) is 23.7 Å². The van der Waals surface area contributed by atoms with Crippen molar-refractivity contribution in [1.29, 1.82) is 0 Å². The van der Waals surface area contributed by atoms with Gasteiger partial charge < -0.3 is 20.4 Å². The highest BCUT2D eigenvalue weighted by molar-refractivity contribution is 5.86. The number of para-hydroxylation sites is 2. The molecule has 212 valence electrons. The van der Waals surface area contributed by atoms with Crippen molar-refractivity contribution in [2.45, 2.75) is 50.4 Å². The lowest BCUT2D eigenvalue weighted by molar-refractivity contribution is 0.309. The van der Waals surface area contributed by atoms with Crippen LogP contribution in [0.3, 0.4) is 0 Å². The van der Waals surface area contributed by atoms with Crippen molar-refractivity contribution in [2.75, 3.05) is 62.2 Å². The quantitative estimate of drug-likeness (QED) is 0.389. The van der Waals surface area contributed by atoms with Gasteiger partial charge in [-0.1, -0.05) is 36.4 Å². The minimum atomic E-state index is 0. The average molecular weight is 603 g/mol. The van der Waals surface area contributed by atoms with Crippen LogP contribution in [0.25, 0.3) is 0 Å². The van der Waals surface area contributed by atoms with Crippen molar-refractivity contribution in [3.63, 3.8) is 0 Å². The van der Waals surface area contributed by atoms with Gasteiger partial charge >= 0.3 is 0 Å². The van der Waals surface area contributed by atoms with Crippen LogP contribution in [-0.4, -0.2) is 52.4 Å². The topological polar surface area (TPSA) is 30.5 Å². The number of nitrogens with zero attached hydrogens (tertiary/aromatic N) is 2. The summed E-state index contributed by atoms with van der Waals surface area (Å²) >= 11 is 0. The zero-order valence-corrected chi connectivity index (χ0v) is 25.5. The van der Waals surface area contributed by atoms with Crippen LogP contribution in [-0.2, 0) is 12.8 Å². The molecule has 38 heavy (non-hydrogen) atoms. The Bertz CT molecular complexity index is 983. The summed E-state index contributed by atoms with van der Waals surface area (Å²) in [6, 6.07) is 14.0. The molecule has 0 radical (unpaired) electrons. The largest absolute Gasteiger partial charge is 0.371 e. The average Bonchev–Trinajstić information content (AvgIpc) is 2.90. The van der Waals surface area contributed by atoms with Gasteiger partial charge in [-0.25, -0.2) is 0 Å². The molecule has 6 heterocycles. The van der Waals surface area contributed by atoms with E-state index < -0.39 is 0 Å². The van der Waals surface area contributed by atoms with Crippen molar-refractivity contribution in [3.05, 3.63) is 58.7 Å². The first-order valence-electron chi connectivity index (χ1n) is 14.0. The molecule has 0 amide bonds. The molecule has 0 bridgehead atoms. The lowest BCUT2D eigenvalue weighted by Crippen LogP contribution is -2.47. The lowest BCUT2D eigenvalue weighted by atomic mass is 9.75. The highest BCUT2D eigenvalue weighted by atomic mass is 35.5. The maximum absolute atomic E-state index is 3.58.